The summed E-state index contributed by atoms with van der Waals surface area (Å²) >= 11 is 0. The number of amides is 3. The lowest BCUT2D eigenvalue weighted by molar-refractivity contribution is -0.137. The topological polar surface area (TPSA) is 144 Å². The number of carbonyl (C=O) groups excluding carboxylic acids is 4. The van der Waals surface area contributed by atoms with Crippen LogP contribution in [0.5, 0.6) is 0 Å². The number of rotatable bonds is 8. The standard InChI is InChI=1S/C14H20N4O5/c1-7(2)14-17-6-10(23-14)13(22)18-8(11(15)20)4-5-9(19)12(21)16-3/h6-8H,4-5H2,1-3H3,(H2,15,20)(H,16,21)(H,18,22). The van der Waals surface area contributed by atoms with Crippen molar-refractivity contribution >= 4 is 23.5 Å². The van der Waals surface area contributed by atoms with E-state index < -0.39 is 29.5 Å². The van der Waals surface area contributed by atoms with Gasteiger partial charge in [0.2, 0.25) is 17.5 Å². The Morgan fingerprint density at radius 3 is 2.43 bits per heavy atom. The molecule has 3 amide bonds. The Morgan fingerprint density at radius 1 is 1.30 bits per heavy atom. The largest absolute Gasteiger partial charge is 0.435 e. The van der Waals surface area contributed by atoms with Crippen LogP contribution in [-0.2, 0) is 14.4 Å². The lowest BCUT2D eigenvalue weighted by atomic mass is 10.1. The summed E-state index contributed by atoms with van der Waals surface area (Å²) in [5, 5.41) is 4.55. The summed E-state index contributed by atoms with van der Waals surface area (Å²) in [6, 6.07) is -1.09. The van der Waals surface area contributed by atoms with E-state index in [4.69, 9.17) is 10.2 Å². The molecule has 9 nitrogen and oxygen atoms in total. The Labute approximate surface area is 133 Å². The number of nitrogens with zero attached hydrogens (tertiary/aromatic N) is 1. The zero-order valence-electron chi connectivity index (χ0n) is 13.2. The minimum absolute atomic E-state index is 0.00802. The third-order valence-corrected chi connectivity index (χ3v) is 3.03. The second-order valence-corrected chi connectivity index (χ2v) is 5.19. The molecule has 0 aliphatic heterocycles. The van der Waals surface area contributed by atoms with Crippen molar-refractivity contribution in [3.63, 3.8) is 0 Å². The fourth-order valence-corrected chi connectivity index (χ4v) is 1.70. The molecule has 0 fully saturated rings. The monoisotopic (exact) mass is 324 g/mol. The van der Waals surface area contributed by atoms with Crippen molar-refractivity contribution in [2.24, 2.45) is 5.73 Å². The van der Waals surface area contributed by atoms with E-state index in [0.717, 1.165) is 0 Å². The Kier molecular flexibility index (Phi) is 6.43. The highest BCUT2D eigenvalue weighted by atomic mass is 16.4. The Balaban J connectivity index is 2.68. The maximum Gasteiger partial charge on any atom is 0.289 e. The molecule has 126 valence electrons. The molecule has 1 atom stereocenters. The molecule has 0 aliphatic rings. The van der Waals surface area contributed by atoms with Crippen molar-refractivity contribution in [1.82, 2.24) is 15.6 Å². The highest BCUT2D eigenvalue weighted by Gasteiger charge is 2.23. The maximum atomic E-state index is 12.0. The van der Waals surface area contributed by atoms with Crippen LogP contribution in [-0.4, -0.2) is 41.6 Å². The molecule has 1 aromatic heterocycles. The van der Waals surface area contributed by atoms with Crippen LogP contribution in [0, 0.1) is 0 Å². The van der Waals surface area contributed by atoms with Crippen molar-refractivity contribution in [3.05, 3.63) is 17.8 Å². The van der Waals surface area contributed by atoms with Gasteiger partial charge < -0.3 is 20.8 Å². The van der Waals surface area contributed by atoms with Gasteiger partial charge in [-0.25, -0.2) is 4.98 Å². The fraction of sp³-hybridized carbons (Fsp3) is 0.500. The number of hydrogen-bond donors (Lipinski definition) is 3. The molecule has 0 aliphatic carbocycles. The first kappa shape index (κ1) is 18.3. The molecule has 0 saturated heterocycles. The van der Waals surface area contributed by atoms with E-state index in [0.29, 0.717) is 5.89 Å². The third kappa shape index (κ3) is 5.20. The molecule has 0 bridgehead atoms. The molecular weight excluding hydrogens is 304 g/mol. The number of hydrogen-bond acceptors (Lipinski definition) is 6. The summed E-state index contributed by atoms with van der Waals surface area (Å²) in [5.41, 5.74) is 5.20. The minimum atomic E-state index is -1.09. The summed E-state index contributed by atoms with van der Waals surface area (Å²) in [6.45, 7) is 3.70. The molecule has 0 saturated carbocycles. The molecule has 9 heteroatoms. The van der Waals surface area contributed by atoms with E-state index in [-0.39, 0.29) is 24.5 Å². The summed E-state index contributed by atoms with van der Waals surface area (Å²) < 4.78 is 5.26. The van der Waals surface area contributed by atoms with Crippen LogP contribution in [0.1, 0.15) is 49.1 Å². The van der Waals surface area contributed by atoms with Crippen molar-refractivity contribution in [2.75, 3.05) is 7.05 Å². The number of carbonyl (C=O) groups is 4. The normalized spacial score (nSPS) is 11.8. The number of nitrogens with one attached hydrogen (secondary N) is 2. The summed E-state index contributed by atoms with van der Waals surface area (Å²) in [5.74, 6) is -2.61. The third-order valence-electron chi connectivity index (χ3n) is 3.03. The summed E-state index contributed by atoms with van der Waals surface area (Å²) in [7, 11) is 1.32. The first-order valence-corrected chi connectivity index (χ1v) is 7.07. The summed E-state index contributed by atoms with van der Waals surface area (Å²) in [6.07, 6.45) is 0.943. The van der Waals surface area contributed by atoms with Crippen molar-refractivity contribution < 1.29 is 23.6 Å². The van der Waals surface area contributed by atoms with Gasteiger partial charge in [-0.3, -0.25) is 19.2 Å². The van der Waals surface area contributed by atoms with Crippen LogP contribution < -0.4 is 16.4 Å². The van der Waals surface area contributed by atoms with Crippen LogP contribution in [0.2, 0.25) is 0 Å². The van der Waals surface area contributed by atoms with Gasteiger partial charge in [-0.2, -0.15) is 0 Å². The van der Waals surface area contributed by atoms with Crippen LogP contribution >= 0.6 is 0 Å². The highest BCUT2D eigenvalue weighted by molar-refractivity contribution is 6.36. The van der Waals surface area contributed by atoms with E-state index in [9.17, 15) is 19.2 Å². The van der Waals surface area contributed by atoms with Gasteiger partial charge in [0.1, 0.15) is 6.04 Å². The number of primary amides is 1. The van der Waals surface area contributed by atoms with Crippen LogP contribution in [0.3, 0.4) is 0 Å². The predicted octanol–water partition coefficient (Wildman–Crippen LogP) is -0.523. The number of nitrogens with two attached hydrogens (primary N) is 1. The van der Waals surface area contributed by atoms with Crippen molar-refractivity contribution in [3.8, 4) is 0 Å². The lowest BCUT2D eigenvalue weighted by Crippen LogP contribution is -2.45. The average Bonchev–Trinajstić information content (AvgIpc) is 2.99. The fourth-order valence-electron chi connectivity index (χ4n) is 1.70. The molecular formula is C14H20N4O5. The second kappa shape index (κ2) is 8.06. The predicted molar refractivity (Wildman–Crippen MR) is 79.3 cm³/mol. The zero-order valence-corrected chi connectivity index (χ0v) is 13.2. The lowest BCUT2D eigenvalue weighted by Gasteiger charge is -2.13. The van der Waals surface area contributed by atoms with Gasteiger partial charge in [-0.15, -0.1) is 0 Å². The highest BCUT2D eigenvalue weighted by Crippen LogP contribution is 2.14. The second-order valence-electron chi connectivity index (χ2n) is 5.19. The van der Waals surface area contributed by atoms with Gasteiger partial charge >= 0.3 is 0 Å². The average molecular weight is 324 g/mol. The van der Waals surface area contributed by atoms with Gasteiger partial charge in [0.05, 0.1) is 6.20 Å². The van der Waals surface area contributed by atoms with Gasteiger partial charge in [-0.05, 0) is 6.42 Å². The van der Waals surface area contributed by atoms with Gasteiger partial charge in [0.25, 0.3) is 11.8 Å². The molecule has 0 radical (unpaired) electrons. The molecule has 0 spiro atoms. The molecule has 1 aromatic rings. The molecule has 23 heavy (non-hydrogen) atoms. The smallest absolute Gasteiger partial charge is 0.289 e. The molecule has 0 aromatic carbocycles. The van der Waals surface area contributed by atoms with E-state index in [1.165, 1.54) is 13.2 Å². The number of Topliss-reactive ketones (excluding diaryl/α,β-unsaturated/α-hetero) is 1. The quantitative estimate of drug-likeness (QED) is 0.549. The van der Waals surface area contributed by atoms with E-state index in [1.54, 1.807) is 0 Å². The van der Waals surface area contributed by atoms with Crippen molar-refractivity contribution in [1.29, 1.82) is 0 Å². The Hall–Kier alpha value is -2.71. The Bertz CT molecular complexity index is 608. The summed E-state index contributed by atoms with van der Waals surface area (Å²) in [4.78, 5) is 49.9. The molecule has 1 rings (SSSR count). The molecule has 4 N–H and O–H groups in total. The number of likely N-dealkylation sites (N-methyl/N-ethyl adjacent to an activating group) is 1. The first-order valence-electron chi connectivity index (χ1n) is 7.07. The number of oxazole rings is 1. The van der Waals surface area contributed by atoms with Gasteiger partial charge in [-0.1, -0.05) is 13.8 Å². The number of ketones is 1. The molecule has 1 unspecified atom stereocenters. The van der Waals surface area contributed by atoms with Crippen LogP contribution in [0.25, 0.3) is 0 Å². The zero-order chi connectivity index (χ0) is 17.6. The van der Waals surface area contributed by atoms with Gasteiger partial charge in [0, 0.05) is 19.4 Å². The minimum Gasteiger partial charge on any atom is -0.435 e. The van der Waals surface area contributed by atoms with E-state index in [1.807, 2.05) is 13.8 Å². The van der Waals surface area contributed by atoms with Crippen LogP contribution in [0.15, 0.2) is 10.6 Å². The SMILES string of the molecule is CNC(=O)C(=O)CCC(NC(=O)c1cnc(C(C)C)o1)C(N)=O. The Morgan fingerprint density at radius 2 is 1.96 bits per heavy atom. The maximum absolute atomic E-state index is 12.0. The van der Waals surface area contributed by atoms with Crippen LogP contribution in [0.4, 0.5) is 0 Å². The van der Waals surface area contributed by atoms with Crippen molar-refractivity contribution in [2.45, 2.75) is 38.6 Å². The molecule has 1 heterocycles. The van der Waals surface area contributed by atoms with Gasteiger partial charge in [0.15, 0.2) is 5.89 Å². The van der Waals surface area contributed by atoms with E-state index in [2.05, 4.69) is 15.6 Å². The number of aromatic nitrogens is 1. The first-order chi connectivity index (χ1) is 10.8. The van der Waals surface area contributed by atoms with E-state index >= 15 is 0 Å².